The fraction of sp³-hybridized carbons (Fsp3) is 0. The van der Waals surface area contributed by atoms with Gasteiger partial charge in [-0.2, -0.15) is 5.26 Å². The molecule has 0 bridgehead atoms. The van der Waals surface area contributed by atoms with Crippen molar-refractivity contribution in [2.45, 2.75) is 0 Å². The Morgan fingerprint density at radius 3 is 2.62 bits per heavy atom. The van der Waals surface area contributed by atoms with Gasteiger partial charge in [-0.3, -0.25) is 4.79 Å². The van der Waals surface area contributed by atoms with E-state index in [2.05, 4.69) is 20.6 Å². The molecule has 2 aromatic carbocycles. The van der Waals surface area contributed by atoms with E-state index in [1.165, 1.54) is 12.4 Å². The van der Waals surface area contributed by atoms with E-state index >= 15 is 0 Å². The molecule has 0 aliphatic heterocycles. The number of hydrogen-bond acceptors (Lipinski definition) is 5. The quantitative estimate of drug-likeness (QED) is 0.749. The SMILES string of the molecule is N#Cc1cccc(Nc2cnc(C(=O)Nc3ccc(F)cc3F)cn2)c1. The van der Waals surface area contributed by atoms with E-state index in [0.717, 1.165) is 12.1 Å². The van der Waals surface area contributed by atoms with Gasteiger partial charge in [0.25, 0.3) is 5.91 Å². The Hall–Kier alpha value is -3.86. The third-order valence-corrected chi connectivity index (χ3v) is 3.33. The van der Waals surface area contributed by atoms with Crippen LogP contribution in [0.4, 0.5) is 26.0 Å². The minimum absolute atomic E-state index is 0.0370. The summed E-state index contributed by atoms with van der Waals surface area (Å²) in [5, 5.41) is 14.1. The first-order chi connectivity index (χ1) is 12.5. The average molecular weight is 351 g/mol. The first-order valence-electron chi connectivity index (χ1n) is 7.41. The van der Waals surface area contributed by atoms with E-state index in [0.29, 0.717) is 23.1 Å². The number of anilines is 3. The maximum Gasteiger partial charge on any atom is 0.275 e. The van der Waals surface area contributed by atoms with Gasteiger partial charge in [0, 0.05) is 11.8 Å². The smallest absolute Gasteiger partial charge is 0.275 e. The van der Waals surface area contributed by atoms with Crippen molar-refractivity contribution in [3.05, 3.63) is 77.8 Å². The molecule has 0 aliphatic carbocycles. The molecule has 0 aliphatic rings. The van der Waals surface area contributed by atoms with Crippen molar-refractivity contribution >= 4 is 23.1 Å². The number of nitrogens with one attached hydrogen (secondary N) is 2. The molecule has 3 aromatic rings. The molecule has 0 atom stereocenters. The molecule has 128 valence electrons. The lowest BCUT2D eigenvalue weighted by molar-refractivity contribution is 0.102. The van der Waals surface area contributed by atoms with Crippen LogP contribution in [0.2, 0.25) is 0 Å². The molecule has 0 spiro atoms. The molecule has 0 fully saturated rings. The highest BCUT2D eigenvalue weighted by atomic mass is 19.1. The summed E-state index contributed by atoms with van der Waals surface area (Å²) >= 11 is 0. The van der Waals surface area contributed by atoms with Crippen LogP contribution in [0.5, 0.6) is 0 Å². The van der Waals surface area contributed by atoms with E-state index < -0.39 is 17.5 Å². The zero-order valence-electron chi connectivity index (χ0n) is 13.2. The number of rotatable bonds is 4. The van der Waals surface area contributed by atoms with Gasteiger partial charge in [-0.05, 0) is 30.3 Å². The van der Waals surface area contributed by atoms with Crippen LogP contribution in [0.15, 0.2) is 54.9 Å². The van der Waals surface area contributed by atoms with Crippen LogP contribution in [0.3, 0.4) is 0 Å². The number of amides is 1. The standard InChI is InChI=1S/C18H11F2N5O/c19-12-4-5-15(14(20)7-12)25-18(26)16-9-23-17(10-22-16)24-13-3-1-2-11(6-13)8-21/h1-7,9-10H,(H,23,24)(H,25,26). The molecular formula is C18H11F2N5O. The van der Waals surface area contributed by atoms with E-state index in [9.17, 15) is 13.6 Å². The summed E-state index contributed by atoms with van der Waals surface area (Å²) in [5.74, 6) is -1.94. The number of hydrogen-bond donors (Lipinski definition) is 2. The molecular weight excluding hydrogens is 340 g/mol. The summed E-state index contributed by atoms with van der Waals surface area (Å²) in [6, 6.07) is 11.6. The van der Waals surface area contributed by atoms with Crippen molar-refractivity contribution in [3.63, 3.8) is 0 Å². The highest BCUT2D eigenvalue weighted by Crippen LogP contribution is 2.17. The summed E-state index contributed by atoms with van der Waals surface area (Å²) in [6.45, 7) is 0. The Kier molecular flexibility index (Phi) is 4.80. The second kappa shape index (κ2) is 7.36. The fourth-order valence-corrected chi connectivity index (χ4v) is 2.10. The molecule has 3 rings (SSSR count). The normalized spacial score (nSPS) is 10.0. The molecule has 2 N–H and O–H groups in total. The van der Waals surface area contributed by atoms with Crippen LogP contribution in [-0.2, 0) is 0 Å². The lowest BCUT2D eigenvalue weighted by atomic mass is 10.2. The van der Waals surface area contributed by atoms with E-state index in [-0.39, 0.29) is 11.4 Å². The van der Waals surface area contributed by atoms with Crippen molar-refractivity contribution < 1.29 is 13.6 Å². The monoisotopic (exact) mass is 351 g/mol. The van der Waals surface area contributed by atoms with E-state index in [1.807, 2.05) is 6.07 Å². The van der Waals surface area contributed by atoms with Gasteiger partial charge in [0.2, 0.25) is 0 Å². The van der Waals surface area contributed by atoms with Crippen LogP contribution < -0.4 is 10.6 Å². The van der Waals surface area contributed by atoms with Crippen LogP contribution in [0, 0.1) is 23.0 Å². The predicted octanol–water partition coefficient (Wildman–Crippen LogP) is 3.62. The minimum atomic E-state index is -0.887. The molecule has 1 amide bonds. The third kappa shape index (κ3) is 3.96. The number of halogens is 2. The lowest BCUT2D eigenvalue weighted by Gasteiger charge is -2.08. The van der Waals surface area contributed by atoms with Crippen LogP contribution in [-0.4, -0.2) is 15.9 Å². The summed E-state index contributed by atoms with van der Waals surface area (Å²) in [6.07, 6.45) is 2.54. The van der Waals surface area contributed by atoms with Crippen LogP contribution >= 0.6 is 0 Å². The van der Waals surface area contributed by atoms with Gasteiger partial charge in [-0.25, -0.2) is 18.7 Å². The molecule has 1 heterocycles. The number of nitriles is 1. The molecule has 0 radical (unpaired) electrons. The predicted molar refractivity (Wildman–Crippen MR) is 90.8 cm³/mol. The second-order valence-corrected chi connectivity index (χ2v) is 5.18. The summed E-state index contributed by atoms with van der Waals surface area (Å²) in [7, 11) is 0. The Morgan fingerprint density at radius 1 is 1.08 bits per heavy atom. The number of aromatic nitrogens is 2. The van der Waals surface area contributed by atoms with Gasteiger partial charge < -0.3 is 10.6 Å². The van der Waals surface area contributed by atoms with Crippen molar-refractivity contribution in [3.8, 4) is 6.07 Å². The zero-order valence-corrected chi connectivity index (χ0v) is 13.2. The van der Waals surface area contributed by atoms with Gasteiger partial charge >= 0.3 is 0 Å². The molecule has 6 nitrogen and oxygen atoms in total. The highest BCUT2D eigenvalue weighted by molar-refractivity contribution is 6.02. The van der Waals surface area contributed by atoms with Crippen molar-refractivity contribution in [2.24, 2.45) is 0 Å². The first-order valence-corrected chi connectivity index (χ1v) is 7.41. The van der Waals surface area contributed by atoms with Crippen LogP contribution in [0.25, 0.3) is 0 Å². The van der Waals surface area contributed by atoms with Crippen molar-refractivity contribution in [2.75, 3.05) is 10.6 Å². The molecule has 0 unspecified atom stereocenters. The number of benzene rings is 2. The lowest BCUT2D eigenvalue weighted by Crippen LogP contribution is -2.15. The largest absolute Gasteiger partial charge is 0.339 e. The Balaban J connectivity index is 1.70. The summed E-state index contributed by atoms with van der Waals surface area (Å²) < 4.78 is 26.5. The zero-order chi connectivity index (χ0) is 18.5. The maximum absolute atomic E-state index is 13.6. The minimum Gasteiger partial charge on any atom is -0.339 e. The van der Waals surface area contributed by atoms with E-state index in [4.69, 9.17) is 5.26 Å². The molecule has 0 saturated heterocycles. The first kappa shape index (κ1) is 17.0. The Bertz CT molecular complexity index is 999. The van der Waals surface area contributed by atoms with Gasteiger partial charge in [0.15, 0.2) is 0 Å². The van der Waals surface area contributed by atoms with Gasteiger partial charge in [-0.15, -0.1) is 0 Å². The topological polar surface area (TPSA) is 90.7 Å². The molecule has 8 heteroatoms. The molecule has 1 aromatic heterocycles. The molecule has 0 saturated carbocycles. The number of nitrogens with zero attached hydrogens (tertiary/aromatic N) is 3. The van der Waals surface area contributed by atoms with Gasteiger partial charge in [-0.1, -0.05) is 6.07 Å². The van der Waals surface area contributed by atoms with Gasteiger partial charge in [0.1, 0.15) is 23.1 Å². The second-order valence-electron chi connectivity index (χ2n) is 5.18. The van der Waals surface area contributed by atoms with E-state index in [1.54, 1.807) is 24.3 Å². The van der Waals surface area contributed by atoms with Crippen molar-refractivity contribution in [1.82, 2.24) is 9.97 Å². The Morgan fingerprint density at radius 2 is 1.92 bits per heavy atom. The fourth-order valence-electron chi connectivity index (χ4n) is 2.10. The summed E-state index contributed by atoms with van der Waals surface area (Å²) in [5.41, 5.74) is 0.933. The summed E-state index contributed by atoms with van der Waals surface area (Å²) in [4.78, 5) is 20.1. The molecule has 26 heavy (non-hydrogen) atoms. The highest BCUT2D eigenvalue weighted by Gasteiger charge is 2.12. The number of carbonyl (C=O) groups is 1. The average Bonchev–Trinajstić information content (AvgIpc) is 2.64. The Labute approximate surface area is 147 Å². The van der Waals surface area contributed by atoms with Gasteiger partial charge in [0.05, 0.1) is 29.7 Å². The number of carbonyl (C=O) groups excluding carboxylic acids is 1. The van der Waals surface area contributed by atoms with Crippen molar-refractivity contribution in [1.29, 1.82) is 5.26 Å². The maximum atomic E-state index is 13.6. The third-order valence-electron chi connectivity index (χ3n) is 3.33. The van der Waals surface area contributed by atoms with Crippen LogP contribution in [0.1, 0.15) is 16.1 Å².